The molecule has 0 saturated heterocycles. The lowest BCUT2D eigenvalue weighted by atomic mass is 10.5. The Kier molecular flexibility index (Phi) is 14.5. The van der Waals surface area contributed by atoms with E-state index < -0.39 is 23.9 Å². The van der Waals surface area contributed by atoms with E-state index in [4.69, 9.17) is 21.7 Å². The molecule has 28 heavy (non-hydrogen) atoms. The molecule has 0 amide bonds. The van der Waals surface area contributed by atoms with Crippen LogP contribution in [0.2, 0.25) is 0 Å². The van der Waals surface area contributed by atoms with E-state index in [1.165, 1.54) is 0 Å². The van der Waals surface area contributed by atoms with Crippen LogP contribution in [-0.4, -0.2) is 44.3 Å². The number of carbonyl (C=O) groups is 4. The predicted molar refractivity (Wildman–Crippen MR) is 87.1 cm³/mol. The monoisotopic (exact) mass is 398 g/mol. The first-order valence-corrected chi connectivity index (χ1v) is 6.89. The molecule has 0 aromatic carbocycles. The van der Waals surface area contributed by atoms with Crippen LogP contribution in [0.5, 0.6) is 0 Å². The Labute approximate surface area is 156 Å². The first-order valence-electron chi connectivity index (χ1n) is 6.89. The molecule has 0 aliphatic heterocycles. The summed E-state index contributed by atoms with van der Waals surface area (Å²) < 4.78 is 0. The lowest BCUT2D eigenvalue weighted by Crippen LogP contribution is -2.23. The van der Waals surface area contributed by atoms with Crippen LogP contribution < -0.4 is 31.9 Å². The zero-order chi connectivity index (χ0) is 21.9. The van der Waals surface area contributed by atoms with Crippen LogP contribution in [0.4, 0.5) is 11.6 Å². The van der Waals surface area contributed by atoms with E-state index in [9.17, 15) is 29.4 Å². The Morgan fingerprint density at radius 3 is 1.21 bits per heavy atom. The quantitative estimate of drug-likeness (QED) is 0.269. The van der Waals surface area contributed by atoms with Gasteiger partial charge in [-0.1, -0.05) is 0 Å². The molecular weight excluding hydrogens is 380 g/mol. The van der Waals surface area contributed by atoms with Crippen LogP contribution in [0.1, 0.15) is 0 Å². The number of nitrogens with two attached hydrogens (primary N) is 2. The number of carboxylic acids is 4. The molecule has 2 rings (SSSR count). The van der Waals surface area contributed by atoms with Crippen LogP contribution in [0.3, 0.4) is 0 Å². The number of aliphatic carboxylic acids is 4. The minimum atomic E-state index is -1.55. The molecule has 0 unspecified atom stereocenters. The van der Waals surface area contributed by atoms with Crippen LogP contribution >= 0.6 is 0 Å². The van der Waals surface area contributed by atoms with Crippen molar-refractivity contribution in [2.75, 3.05) is 11.5 Å². The maximum Gasteiger partial charge on any atom is 0.328 e. The van der Waals surface area contributed by atoms with Gasteiger partial charge in [-0.05, 0) is 12.2 Å². The van der Waals surface area contributed by atoms with Crippen molar-refractivity contribution >= 4 is 35.5 Å². The molecule has 0 aliphatic rings. The zero-order valence-electron chi connectivity index (χ0n) is 14.1. The molecule has 2 aromatic heterocycles. The number of rotatable bonds is 4. The van der Waals surface area contributed by atoms with Gasteiger partial charge in [0.25, 0.3) is 0 Å². The van der Waals surface area contributed by atoms with Gasteiger partial charge in [-0.3, -0.25) is 0 Å². The number of H-pyrrole nitrogens is 4. The number of carbonyl (C=O) groups excluding carboxylic acids is 2. The Balaban J connectivity index is 0. The molecule has 14 heteroatoms. The molecule has 0 spiro atoms. The molecular formula is C14H18N6O8. The van der Waals surface area contributed by atoms with Crippen LogP contribution in [0, 0.1) is 0 Å². The number of anilines is 2. The Bertz CT molecular complexity index is 670. The predicted octanol–water partition coefficient (Wildman–Crippen LogP) is -4.42. The van der Waals surface area contributed by atoms with E-state index in [0.717, 1.165) is 0 Å². The fourth-order valence-corrected chi connectivity index (χ4v) is 0.875. The van der Waals surface area contributed by atoms with Gasteiger partial charge in [0.15, 0.2) is 24.0 Å². The minimum absolute atomic E-state index is 0.384. The van der Waals surface area contributed by atoms with Crippen molar-refractivity contribution in [3.63, 3.8) is 0 Å². The SMILES string of the molecule is Nc1cc[nH+][nH]1.Nc1cc[nH+][nH]1.O=C(O)/C=C/C(=O)O.O=C([O-])/C=C/C(=O)[O-]. The Morgan fingerprint density at radius 1 is 0.786 bits per heavy atom. The van der Waals surface area contributed by atoms with Gasteiger partial charge in [-0.15, -0.1) is 10.2 Å². The Hall–Kier alpha value is -4.62. The van der Waals surface area contributed by atoms with Gasteiger partial charge < -0.3 is 41.5 Å². The third-order valence-corrected chi connectivity index (χ3v) is 1.85. The number of hydrogen-bond donors (Lipinski definition) is 6. The minimum Gasteiger partial charge on any atom is -0.545 e. The molecule has 152 valence electrons. The summed E-state index contributed by atoms with van der Waals surface area (Å²) in [6, 6.07) is 3.50. The van der Waals surface area contributed by atoms with E-state index in [-0.39, 0.29) is 0 Å². The summed E-state index contributed by atoms with van der Waals surface area (Å²) in [6.45, 7) is 0. The number of aromatic nitrogens is 4. The summed E-state index contributed by atoms with van der Waals surface area (Å²) in [5.74, 6) is -4.28. The average molecular weight is 398 g/mol. The van der Waals surface area contributed by atoms with Crippen LogP contribution in [0.25, 0.3) is 0 Å². The molecule has 0 atom stereocenters. The third kappa shape index (κ3) is 23.6. The van der Waals surface area contributed by atoms with Crippen molar-refractivity contribution < 1.29 is 49.8 Å². The molecule has 10 N–H and O–H groups in total. The van der Waals surface area contributed by atoms with Gasteiger partial charge in [-0.2, -0.15) is 10.2 Å². The number of hydrogen-bond acceptors (Lipinski definition) is 8. The summed E-state index contributed by atoms with van der Waals surface area (Å²) >= 11 is 0. The second-order valence-corrected chi connectivity index (χ2v) is 4.10. The zero-order valence-corrected chi connectivity index (χ0v) is 14.1. The topological polar surface area (TPSA) is 267 Å². The van der Waals surface area contributed by atoms with Gasteiger partial charge in [-0.25, -0.2) is 9.59 Å². The summed E-state index contributed by atoms with van der Waals surface area (Å²) in [5, 5.41) is 45.1. The van der Waals surface area contributed by atoms with Gasteiger partial charge in [0.1, 0.15) is 0 Å². The maximum atomic E-state index is 9.55. The largest absolute Gasteiger partial charge is 0.545 e. The molecule has 2 aromatic rings. The highest BCUT2D eigenvalue weighted by Crippen LogP contribution is 1.82. The van der Waals surface area contributed by atoms with Crippen molar-refractivity contribution in [1.82, 2.24) is 10.2 Å². The van der Waals surface area contributed by atoms with E-state index in [2.05, 4.69) is 20.4 Å². The normalized spacial score (nSPS) is 9.14. The highest BCUT2D eigenvalue weighted by Gasteiger charge is 1.88. The van der Waals surface area contributed by atoms with E-state index in [1.807, 2.05) is 0 Å². The van der Waals surface area contributed by atoms with Gasteiger partial charge in [0.2, 0.25) is 0 Å². The first kappa shape index (κ1) is 25.6. The molecule has 0 fully saturated rings. The number of carboxylic acid groups (broad SMARTS) is 4. The average Bonchev–Trinajstić information content (AvgIpc) is 3.26. The van der Waals surface area contributed by atoms with Crippen molar-refractivity contribution in [1.29, 1.82) is 0 Å². The van der Waals surface area contributed by atoms with E-state index in [0.29, 0.717) is 35.9 Å². The van der Waals surface area contributed by atoms with Gasteiger partial charge in [0.05, 0.1) is 11.9 Å². The van der Waals surface area contributed by atoms with Crippen molar-refractivity contribution in [2.45, 2.75) is 0 Å². The maximum absolute atomic E-state index is 9.55. The first-order chi connectivity index (χ1) is 13.0. The lowest BCUT2D eigenvalue weighted by molar-refractivity contribution is -0.448. The number of nitrogens with one attached hydrogen (secondary N) is 4. The van der Waals surface area contributed by atoms with Gasteiger partial charge in [0, 0.05) is 24.3 Å². The summed E-state index contributed by atoms with van der Waals surface area (Å²) in [6.07, 6.45) is 5.35. The van der Waals surface area contributed by atoms with Crippen molar-refractivity contribution in [2.24, 2.45) is 0 Å². The van der Waals surface area contributed by atoms with Crippen molar-refractivity contribution in [3.05, 3.63) is 48.8 Å². The standard InChI is InChI=1S/2C4H4O4.2C3H5N3/c2*5-3(6)1-2-4(7)8;2*4-3-1-2-5-6-3/h2*1-2H,(H,5,6)(H,7,8);2*1-2H,(H3,4,5,6)/b2*2-1+;;. The molecule has 0 saturated carbocycles. The summed E-state index contributed by atoms with van der Waals surface area (Å²) in [5.41, 5.74) is 10.4. The second kappa shape index (κ2) is 15.9. The molecule has 14 nitrogen and oxygen atoms in total. The molecule has 0 aliphatic carbocycles. The smallest absolute Gasteiger partial charge is 0.328 e. The fourth-order valence-electron chi connectivity index (χ4n) is 0.875. The van der Waals surface area contributed by atoms with Crippen LogP contribution in [-0.2, 0) is 19.2 Å². The Morgan fingerprint density at radius 2 is 1.11 bits per heavy atom. The number of aromatic amines is 4. The highest BCUT2D eigenvalue weighted by molar-refractivity contribution is 5.89. The van der Waals surface area contributed by atoms with Crippen LogP contribution in [0.15, 0.2) is 48.8 Å². The summed E-state index contributed by atoms with van der Waals surface area (Å²) in [4.78, 5) is 37.9. The third-order valence-electron chi connectivity index (χ3n) is 1.85. The van der Waals surface area contributed by atoms with E-state index in [1.54, 1.807) is 24.5 Å². The summed E-state index contributed by atoms with van der Waals surface area (Å²) in [7, 11) is 0. The van der Waals surface area contributed by atoms with Gasteiger partial charge >= 0.3 is 11.9 Å². The fraction of sp³-hybridized carbons (Fsp3) is 0. The molecule has 0 radical (unpaired) electrons. The molecule has 2 heterocycles. The molecule has 0 bridgehead atoms. The highest BCUT2D eigenvalue weighted by atomic mass is 16.4. The van der Waals surface area contributed by atoms with Crippen molar-refractivity contribution in [3.8, 4) is 0 Å². The lowest BCUT2D eigenvalue weighted by Gasteiger charge is -1.90. The number of nitrogen functional groups attached to an aromatic ring is 2. The second-order valence-electron chi connectivity index (χ2n) is 4.10. The van der Waals surface area contributed by atoms with E-state index >= 15 is 0 Å².